The molecule has 0 aliphatic carbocycles. The predicted molar refractivity (Wildman–Crippen MR) is 85.9 cm³/mol. The summed E-state index contributed by atoms with van der Waals surface area (Å²) in [5.74, 6) is 0. The molecule has 0 radical (unpaired) electrons. The van der Waals surface area contributed by atoms with Crippen molar-refractivity contribution in [3.05, 3.63) is 41.2 Å². The fraction of sp³-hybridized carbons (Fsp3) is 0.308. The van der Waals surface area contributed by atoms with Crippen LogP contribution in [0.15, 0.2) is 40.6 Å². The van der Waals surface area contributed by atoms with E-state index < -0.39 is 10.0 Å². The van der Waals surface area contributed by atoms with Gasteiger partial charge in [0, 0.05) is 17.6 Å². The fourth-order valence-corrected chi connectivity index (χ4v) is 3.43. The maximum absolute atomic E-state index is 12.2. The average molecular weight is 352 g/mol. The van der Waals surface area contributed by atoms with Gasteiger partial charge in [0.2, 0.25) is 0 Å². The molecule has 3 aromatic rings. The lowest BCUT2D eigenvalue weighted by atomic mass is 10.4. The molecule has 0 aliphatic heterocycles. The van der Waals surface area contributed by atoms with E-state index in [1.807, 2.05) is 30.7 Å². The Morgan fingerprint density at radius 3 is 2.83 bits per heavy atom. The van der Waals surface area contributed by atoms with Gasteiger partial charge in [-0.1, -0.05) is 5.21 Å². The van der Waals surface area contributed by atoms with Gasteiger partial charge in [0.05, 0.1) is 30.5 Å². The van der Waals surface area contributed by atoms with Gasteiger partial charge in [-0.2, -0.15) is 11.3 Å². The second kappa shape index (κ2) is 6.22. The zero-order chi connectivity index (χ0) is 16.4. The zero-order valence-corrected chi connectivity index (χ0v) is 14.3. The van der Waals surface area contributed by atoms with E-state index in [2.05, 4.69) is 20.0 Å². The molecule has 23 heavy (non-hydrogen) atoms. The van der Waals surface area contributed by atoms with Crippen molar-refractivity contribution >= 4 is 21.4 Å². The standard InChI is InChI=1S/C13H16N6O2S2/c1-10(2)18-7-13(14-9-18)23(20,21)15-5-11-6-19(17-16-11)12-3-4-22-8-12/h3-4,6-10,15H,5H2,1-2H3. The number of hydrogen-bond donors (Lipinski definition) is 1. The maximum Gasteiger partial charge on any atom is 0.259 e. The Labute approximate surface area is 137 Å². The third-order valence-electron chi connectivity index (χ3n) is 3.20. The van der Waals surface area contributed by atoms with Crippen LogP contribution < -0.4 is 4.72 Å². The number of thiophene rings is 1. The van der Waals surface area contributed by atoms with Crippen LogP contribution in [0, 0.1) is 0 Å². The number of nitrogens with one attached hydrogen (secondary N) is 1. The van der Waals surface area contributed by atoms with Gasteiger partial charge >= 0.3 is 0 Å². The fourth-order valence-electron chi connectivity index (χ4n) is 1.88. The molecule has 10 heteroatoms. The molecule has 0 amide bonds. The summed E-state index contributed by atoms with van der Waals surface area (Å²) in [4.78, 5) is 3.94. The minimum atomic E-state index is -3.67. The zero-order valence-electron chi connectivity index (χ0n) is 12.6. The quantitative estimate of drug-likeness (QED) is 0.727. The number of aromatic nitrogens is 5. The minimum Gasteiger partial charge on any atom is -0.334 e. The third-order valence-corrected chi connectivity index (χ3v) is 5.16. The molecule has 0 spiro atoms. The highest BCUT2D eigenvalue weighted by atomic mass is 32.2. The summed E-state index contributed by atoms with van der Waals surface area (Å²) >= 11 is 1.55. The average Bonchev–Trinajstić information content (AvgIpc) is 3.23. The first-order valence-corrected chi connectivity index (χ1v) is 9.35. The van der Waals surface area contributed by atoms with E-state index in [1.54, 1.807) is 26.8 Å². The van der Waals surface area contributed by atoms with Gasteiger partial charge in [0.1, 0.15) is 0 Å². The summed E-state index contributed by atoms with van der Waals surface area (Å²) in [5.41, 5.74) is 1.43. The summed E-state index contributed by atoms with van der Waals surface area (Å²) in [6, 6.07) is 2.06. The highest BCUT2D eigenvalue weighted by Crippen LogP contribution is 2.12. The SMILES string of the molecule is CC(C)n1cnc(S(=O)(=O)NCc2cn(-c3ccsc3)nn2)c1. The molecule has 0 saturated carbocycles. The molecule has 1 N–H and O–H groups in total. The van der Waals surface area contributed by atoms with Crippen molar-refractivity contribution < 1.29 is 8.42 Å². The lowest BCUT2D eigenvalue weighted by Gasteiger charge is -2.04. The Morgan fingerprint density at radius 2 is 2.17 bits per heavy atom. The van der Waals surface area contributed by atoms with Crippen molar-refractivity contribution in [3.8, 4) is 5.69 Å². The molecule has 0 unspecified atom stereocenters. The summed E-state index contributed by atoms with van der Waals surface area (Å²) in [6.45, 7) is 3.96. The van der Waals surface area contributed by atoms with E-state index in [9.17, 15) is 8.42 Å². The Morgan fingerprint density at radius 1 is 1.35 bits per heavy atom. The molecular formula is C13H16N6O2S2. The van der Waals surface area contributed by atoms with Crippen LogP contribution in [0.4, 0.5) is 0 Å². The van der Waals surface area contributed by atoms with Gasteiger partial charge in [0.15, 0.2) is 5.03 Å². The van der Waals surface area contributed by atoms with Gasteiger partial charge < -0.3 is 4.57 Å². The number of rotatable bonds is 6. The van der Waals surface area contributed by atoms with Crippen molar-refractivity contribution in [2.75, 3.05) is 0 Å². The molecule has 3 heterocycles. The van der Waals surface area contributed by atoms with Crippen LogP contribution in [-0.4, -0.2) is 33.0 Å². The molecule has 0 atom stereocenters. The van der Waals surface area contributed by atoms with E-state index >= 15 is 0 Å². The summed E-state index contributed by atoms with van der Waals surface area (Å²) in [5, 5.41) is 11.8. The Balaban J connectivity index is 1.69. The van der Waals surface area contributed by atoms with Gasteiger partial charge in [0.25, 0.3) is 10.0 Å². The Bertz CT molecular complexity index is 879. The molecule has 0 bridgehead atoms. The lowest BCUT2D eigenvalue weighted by molar-refractivity contribution is 0.575. The number of sulfonamides is 1. The summed E-state index contributed by atoms with van der Waals surface area (Å²) in [6.07, 6.45) is 4.71. The van der Waals surface area contributed by atoms with Gasteiger partial charge in [-0.25, -0.2) is 22.8 Å². The van der Waals surface area contributed by atoms with Crippen LogP contribution in [0.5, 0.6) is 0 Å². The highest BCUT2D eigenvalue weighted by molar-refractivity contribution is 7.89. The smallest absolute Gasteiger partial charge is 0.259 e. The first-order valence-electron chi connectivity index (χ1n) is 6.92. The van der Waals surface area contributed by atoms with E-state index in [0.29, 0.717) is 5.69 Å². The molecule has 8 nitrogen and oxygen atoms in total. The van der Waals surface area contributed by atoms with Crippen LogP contribution in [0.2, 0.25) is 0 Å². The first kappa shape index (κ1) is 15.8. The maximum atomic E-state index is 12.2. The van der Waals surface area contributed by atoms with E-state index in [-0.39, 0.29) is 17.6 Å². The number of imidazole rings is 1. The molecule has 0 fully saturated rings. The summed E-state index contributed by atoms with van der Waals surface area (Å²) in [7, 11) is -3.67. The van der Waals surface area contributed by atoms with Crippen LogP contribution >= 0.6 is 11.3 Å². The van der Waals surface area contributed by atoms with Crippen LogP contribution in [0.1, 0.15) is 25.6 Å². The lowest BCUT2D eigenvalue weighted by Crippen LogP contribution is -2.23. The predicted octanol–water partition coefficient (Wildman–Crippen LogP) is 1.58. The Kier molecular flexibility index (Phi) is 4.28. The van der Waals surface area contributed by atoms with E-state index in [0.717, 1.165) is 5.69 Å². The minimum absolute atomic E-state index is 0.00331. The van der Waals surface area contributed by atoms with Crippen LogP contribution in [0.3, 0.4) is 0 Å². The van der Waals surface area contributed by atoms with Crippen molar-refractivity contribution in [2.45, 2.75) is 31.5 Å². The van der Waals surface area contributed by atoms with Crippen molar-refractivity contribution in [1.29, 1.82) is 0 Å². The number of hydrogen-bond acceptors (Lipinski definition) is 6. The van der Waals surface area contributed by atoms with Crippen LogP contribution in [0.25, 0.3) is 5.69 Å². The summed E-state index contributed by atoms with van der Waals surface area (Å²) < 4.78 is 30.3. The molecule has 3 aromatic heterocycles. The van der Waals surface area contributed by atoms with Gasteiger partial charge in [-0.05, 0) is 25.3 Å². The first-order chi connectivity index (χ1) is 11.0. The molecule has 0 saturated heterocycles. The van der Waals surface area contributed by atoms with Crippen molar-refractivity contribution in [3.63, 3.8) is 0 Å². The molecule has 0 aliphatic rings. The normalized spacial score (nSPS) is 12.1. The highest BCUT2D eigenvalue weighted by Gasteiger charge is 2.18. The second-order valence-corrected chi connectivity index (χ2v) is 7.71. The topological polar surface area (TPSA) is 94.7 Å². The molecule has 122 valence electrons. The largest absolute Gasteiger partial charge is 0.334 e. The number of nitrogens with zero attached hydrogens (tertiary/aromatic N) is 5. The van der Waals surface area contributed by atoms with Gasteiger partial charge in [-0.3, -0.25) is 0 Å². The third kappa shape index (κ3) is 3.49. The van der Waals surface area contributed by atoms with E-state index in [1.165, 1.54) is 12.5 Å². The Hall–Kier alpha value is -2.04. The van der Waals surface area contributed by atoms with Crippen LogP contribution in [-0.2, 0) is 16.6 Å². The molecule has 0 aromatic carbocycles. The van der Waals surface area contributed by atoms with Crippen molar-refractivity contribution in [2.24, 2.45) is 0 Å². The van der Waals surface area contributed by atoms with E-state index in [4.69, 9.17) is 0 Å². The van der Waals surface area contributed by atoms with Gasteiger partial charge in [-0.15, -0.1) is 5.10 Å². The molecular weight excluding hydrogens is 336 g/mol. The molecule has 3 rings (SSSR count). The van der Waals surface area contributed by atoms with Crippen molar-refractivity contribution in [1.82, 2.24) is 29.3 Å². The monoisotopic (exact) mass is 352 g/mol. The second-order valence-electron chi connectivity index (χ2n) is 5.21.